The molecular formula is C7H7N3. The third-order valence-electron chi connectivity index (χ3n) is 1.77. The van der Waals surface area contributed by atoms with E-state index in [0.717, 1.165) is 18.8 Å². The highest BCUT2D eigenvalue weighted by Gasteiger charge is 2.12. The molecule has 0 aromatic carbocycles. The summed E-state index contributed by atoms with van der Waals surface area (Å²) in [6, 6.07) is 2.02. The van der Waals surface area contributed by atoms with E-state index >= 15 is 0 Å². The Kier molecular flexibility index (Phi) is 1.01. The zero-order valence-electron chi connectivity index (χ0n) is 5.54. The number of imidazole rings is 1. The van der Waals surface area contributed by atoms with Crippen molar-refractivity contribution in [1.29, 1.82) is 5.26 Å². The summed E-state index contributed by atoms with van der Waals surface area (Å²) in [5, 5.41) is 8.47. The topological polar surface area (TPSA) is 41.6 Å². The first kappa shape index (κ1) is 5.48. The fourth-order valence-electron chi connectivity index (χ4n) is 1.31. The molecule has 3 nitrogen and oxygen atoms in total. The molecule has 3 heteroatoms. The predicted molar refractivity (Wildman–Crippen MR) is 35.3 cm³/mol. The van der Waals surface area contributed by atoms with Gasteiger partial charge in [0, 0.05) is 19.2 Å². The summed E-state index contributed by atoms with van der Waals surface area (Å²) in [5.41, 5.74) is 0.551. The Morgan fingerprint density at radius 1 is 1.70 bits per heavy atom. The van der Waals surface area contributed by atoms with Crippen LogP contribution >= 0.6 is 0 Å². The van der Waals surface area contributed by atoms with Crippen molar-refractivity contribution in [3.05, 3.63) is 17.7 Å². The van der Waals surface area contributed by atoms with Crippen LogP contribution in [0.3, 0.4) is 0 Å². The van der Waals surface area contributed by atoms with Crippen molar-refractivity contribution in [2.45, 2.75) is 19.4 Å². The van der Waals surface area contributed by atoms with Gasteiger partial charge in [-0.25, -0.2) is 4.98 Å². The van der Waals surface area contributed by atoms with Gasteiger partial charge in [-0.2, -0.15) is 5.26 Å². The summed E-state index contributed by atoms with van der Waals surface area (Å²) in [4.78, 5) is 4.11. The number of hydrogen-bond donors (Lipinski definition) is 0. The maximum atomic E-state index is 8.47. The highest BCUT2D eigenvalue weighted by atomic mass is 15.1. The lowest BCUT2D eigenvalue weighted by atomic mass is 10.3. The Labute approximate surface area is 58.9 Å². The van der Waals surface area contributed by atoms with Gasteiger partial charge in [-0.15, -0.1) is 0 Å². The monoisotopic (exact) mass is 133 g/mol. The Morgan fingerprint density at radius 3 is 3.30 bits per heavy atom. The zero-order valence-corrected chi connectivity index (χ0v) is 5.54. The Hall–Kier alpha value is -1.30. The summed E-state index contributed by atoms with van der Waals surface area (Å²) >= 11 is 0. The van der Waals surface area contributed by atoms with Crippen LogP contribution < -0.4 is 0 Å². The van der Waals surface area contributed by atoms with Crippen LogP contribution in [0.4, 0.5) is 0 Å². The van der Waals surface area contributed by atoms with Crippen LogP contribution in [0.2, 0.25) is 0 Å². The summed E-state index contributed by atoms with van der Waals surface area (Å²) in [5.74, 6) is 1.07. The number of nitriles is 1. The van der Waals surface area contributed by atoms with Gasteiger partial charge >= 0.3 is 0 Å². The van der Waals surface area contributed by atoms with Crippen LogP contribution in [-0.2, 0) is 13.0 Å². The second-order valence-electron chi connectivity index (χ2n) is 2.45. The van der Waals surface area contributed by atoms with Crippen molar-refractivity contribution in [3.8, 4) is 6.07 Å². The summed E-state index contributed by atoms with van der Waals surface area (Å²) in [6.45, 7) is 1.03. The Bertz CT molecular complexity index is 271. The lowest BCUT2D eigenvalue weighted by Gasteiger charge is -1.88. The van der Waals surface area contributed by atoms with E-state index in [1.54, 1.807) is 0 Å². The molecule has 1 aromatic heterocycles. The third kappa shape index (κ3) is 0.623. The minimum absolute atomic E-state index is 0.551. The van der Waals surface area contributed by atoms with Gasteiger partial charge in [0.05, 0.1) is 0 Å². The minimum Gasteiger partial charge on any atom is -0.334 e. The molecule has 2 heterocycles. The molecule has 0 amide bonds. The van der Waals surface area contributed by atoms with E-state index in [1.807, 2.05) is 12.3 Å². The smallest absolute Gasteiger partial charge is 0.158 e. The van der Waals surface area contributed by atoms with Crippen LogP contribution in [0.25, 0.3) is 0 Å². The molecule has 0 aliphatic carbocycles. The molecule has 0 atom stereocenters. The van der Waals surface area contributed by atoms with Gasteiger partial charge < -0.3 is 4.57 Å². The number of aryl methyl sites for hydroxylation is 2. The number of rotatable bonds is 0. The summed E-state index contributed by atoms with van der Waals surface area (Å²) < 4.78 is 2.05. The lowest BCUT2D eigenvalue weighted by Crippen LogP contribution is -1.87. The molecule has 0 unspecified atom stereocenters. The fraction of sp³-hybridized carbons (Fsp3) is 0.429. The van der Waals surface area contributed by atoms with Gasteiger partial charge in [-0.05, 0) is 6.42 Å². The molecule has 1 aliphatic rings. The fourth-order valence-corrected chi connectivity index (χ4v) is 1.31. The number of hydrogen-bond acceptors (Lipinski definition) is 2. The van der Waals surface area contributed by atoms with E-state index < -0.39 is 0 Å². The first-order valence-corrected chi connectivity index (χ1v) is 3.36. The highest BCUT2D eigenvalue weighted by molar-refractivity contribution is 5.20. The van der Waals surface area contributed by atoms with Gasteiger partial charge in [0.15, 0.2) is 5.69 Å². The molecule has 2 rings (SSSR count). The largest absolute Gasteiger partial charge is 0.334 e. The van der Waals surface area contributed by atoms with Crippen molar-refractivity contribution in [2.24, 2.45) is 0 Å². The molecule has 0 bridgehead atoms. The minimum atomic E-state index is 0.551. The van der Waals surface area contributed by atoms with E-state index in [0.29, 0.717) is 5.69 Å². The van der Waals surface area contributed by atoms with Crippen LogP contribution in [0, 0.1) is 11.3 Å². The molecule has 0 N–H and O–H groups in total. The van der Waals surface area contributed by atoms with Gasteiger partial charge in [0.25, 0.3) is 0 Å². The summed E-state index contributed by atoms with van der Waals surface area (Å²) in [7, 11) is 0. The van der Waals surface area contributed by atoms with Crippen molar-refractivity contribution >= 4 is 0 Å². The first-order valence-electron chi connectivity index (χ1n) is 3.36. The molecule has 0 fully saturated rings. The SMILES string of the molecule is N#Cc1cn2c(n1)CCC2. The van der Waals surface area contributed by atoms with Gasteiger partial charge in [-0.3, -0.25) is 0 Å². The van der Waals surface area contributed by atoms with Crippen molar-refractivity contribution < 1.29 is 0 Å². The van der Waals surface area contributed by atoms with Gasteiger partial charge in [-0.1, -0.05) is 0 Å². The maximum Gasteiger partial charge on any atom is 0.158 e. The van der Waals surface area contributed by atoms with Crippen molar-refractivity contribution in [2.75, 3.05) is 0 Å². The molecule has 0 spiro atoms. The average Bonchev–Trinajstić information content (AvgIpc) is 2.42. The number of fused-ring (bicyclic) bond motifs is 1. The zero-order chi connectivity index (χ0) is 6.97. The average molecular weight is 133 g/mol. The van der Waals surface area contributed by atoms with E-state index in [1.165, 1.54) is 6.42 Å². The highest BCUT2D eigenvalue weighted by Crippen LogP contribution is 2.13. The van der Waals surface area contributed by atoms with E-state index in [4.69, 9.17) is 5.26 Å². The predicted octanol–water partition coefficient (Wildman–Crippen LogP) is 0.701. The first-order chi connectivity index (χ1) is 4.90. The van der Waals surface area contributed by atoms with Crippen molar-refractivity contribution in [3.63, 3.8) is 0 Å². The van der Waals surface area contributed by atoms with Crippen LogP contribution in [0.15, 0.2) is 6.20 Å². The molecule has 10 heavy (non-hydrogen) atoms. The van der Waals surface area contributed by atoms with E-state index in [-0.39, 0.29) is 0 Å². The Balaban J connectivity index is 2.49. The summed E-state index contributed by atoms with van der Waals surface area (Å²) in [6.07, 6.45) is 4.03. The molecule has 0 saturated carbocycles. The molecular weight excluding hydrogens is 126 g/mol. The third-order valence-corrected chi connectivity index (χ3v) is 1.77. The second-order valence-corrected chi connectivity index (χ2v) is 2.45. The van der Waals surface area contributed by atoms with Crippen LogP contribution in [0.5, 0.6) is 0 Å². The second kappa shape index (κ2) is 1.84. The van der Waals surface area contributed by atoms with Crippen molar-refractivity contribution in [1.82, 2.24) is 9.55 Å². The normalized spacial score (nSPS) is 14.7. The molecule has 0 radical (unpaired) electrons. The lowest BCUT2D eigenvalue weighted by molar-refractivity contribution is 0.749. The number of aromatic nitrogens is 2. The molecule has 1 aliphatic heterocycles. The van der Waals surface area contributed by atoms with Crippen LogP contribution in [0.1, 0.15) is 17.9 Å². The quantitative estimate of drug-likeness (QED) is 0.522. The van der Waals surface area contributed by atoms with Gasteiger partial charge in [0.1, 0.15) is 11.9 Å². The molecule has 0 saturated heterocycles. The molecule has 50 valence electrons. The van der Waals surface area contributed by atoms with E-state index in [2.05, 4.69) is 9.55 Å². The Morgan fingerprint density at radius 2 is 2.60 bits per heavy atom. The van der Waals surface area contributed by atoms with Gasteiger partial charge in [0.2, 0.25) is 0 Å². The standard InChI is InChI=1S/C7H7N3/c8-4-6-5-10-3-1-2-7(10)9-6/h5H,1-3H2. The van der Waals surface area contributed by atoms with Crippen LogP contribution in [-0.4, -0.2) is 9.55 Å². The molecule has 1 aromatic rings. The number of nitrogens with zero attached hydrogens (tertiary/aromatic N) is 3. The maximum absolute atomic E-state index is 8.47. The van der Waals surface area contributed by atoms with E-state index in [9.17, 15) is 0 Å².